The van der Waals surface area contributed by atoms with Gasteiger partial charge < -0.3 is 0 Å². The Bertz CT molecular complexity index is 561. The molecule has 4 aliphatic rings. The molecule has 4 rings (SSSR count). The van der Waals surface area contributed by atoms with Crippen molar-refractivity contribution in [2.24, 2.45) is 46.8 Å². The van der Waals surface area contributed by atoms with Gasteiger partial charge in [-0.3, -0.25) is 0 Å². The Kier molecular flexibility index (Phi) is 7.30. The molecular formula is C28H47N. The van der Waals surface area contributed by atoms with Crippen molar-refractivity contribution in [2.75, 3.05) is 0 Å². The zero-order chi connectivity index (χ0) is 20.3. The molecule has 0 aliphatic heterocycles. The third-order valence-electron chi connectivity index (χ3n) is 10.3. The molecule has 0 aromatic carbocycles. The first-order valence-electron chi connectivity index (χ1n) is 13.6. The average Bonchev–Trinajstić information content (AvgIpc) is 2.77. The van der Waals surface area contributed by atoms with Crippen LogP contribution in [0.15, 0.2) is 0 Å². The molecule has 1 heteroatoms. The molecule has 0 spiro atoms. The van der Waals surface area contributed by atoms with Gasteiger partial charge in [-0.05, 0) is 99.2 Å². The van der Waals surface area contributed by atoms with Gasteiger partial charge in [0, 0.05) is 0 Å². The molecule has 8 atom stereocenters. The van der Waals surface area contributed by atoms with Gasteiger partial charge in [0.15, 0.2) is 0 Å². The Labute approximate surface area is 181 Å². The van der Waals surface area contributed by atoms with Crippen LogP contribution in [-0.2, 0) is 0 Å². The minimum Gasteiger partial charge on any atom is -0.198 e. The van der Waals surface area contributed by atoms with Crippen LogP contribution < -0.4 is 0 Å². The fraction of sp³-hybridized carbons (Fsp3) is 0.964. The van der Waals surface area contributed by atoms with Crippen LogP contribution >= 0.6 is 0 Å². The third kappa shape index (κ3) is 4.43. The largest absolute Gasteiger partial charge is 0.198 e. The SMILES string of the molecule is CCCCCC1CCCC2C1CCC1C3CCC(C#N)(CCCC)CC3CCC21. The minimum absolute atomic E-state index is 0.0381. The van der Waals surface area contributed by atoms with Crippen LogP contribution in [0.1, 0.15) is 123 Å². The van der Waals surface area contributed by atoms with Crippen LogP contribution in [0.4, 0.5) is 0 Å². The van der Waals surface area contributed by atoms with Gasteiger partial charge in [-0.2, -0.15) is 5.26 Å². The van der Waals surface area contributed by atoms with Crippen LogP contribution in [0, 0.1) is 58.2 Å². The number of nitrogens with zero attached hydrogens (tertiary/aromatic N) is 1. The summed E-state index contributed by atoms with van der Waals surface area (Å²) in [4.78, 5) is 0. The summed E-state index contributed by atoms with van der Waals surface area (Å²) in [5.74, 6) is 7.12. The van der Waals surface area contributed by atoms with Gasteiger partial charge in [-0.25, -0.2) is 0 Å². The monoisotopic (exact) mass is 397 g/mol. The maximum Gasteiger partial charge on any atom is 0.0689 e. The van der Waals surface area contributed by atoms with Crippen molar-refractivity contribution in [1.29, 1.82) is 5.26 Å². The van der Waals surface area contributed by atoms with Gasteiger partial charge >= 0.3 is 0 Å². The second-order valence-corrected chi connectivity index (χ2v) is 11.7. The van der Waals surface area contributed by atoms with Crippen molar-refractivity contribution in [2.45, 2.75) is 123 Å². The molecule has 0 bridgehead atoms. The smallest absolute Gasteiger partial charge is 0.0689 e. The van der Waals surface area contributed by atoms with Crippen LogP contribution in [0.2, 0.25) is 0 Å². The molecule has 0 saturated heterocycles. The molecule has 164 valence electrons. The van der Waals surface area contributed by atoms with E-state index in [9.17, 15) is 5.26 Å². The molecule has 0 radical (unpaired) electrons. The molecule has 0 heterocycles. The molecule has 4 fully saturated rings. The quantitative estimate of drug-likeness (QED) is 0.395. The topological polar surface area (TPSA) is 23.8 Å². The van der Waals surface area contributed by atoms with E-state index in [2.05, 4.69) is 19.9 Å². The van der Waals surface area contributed by atoms with Crippen molar-refractivity contribution in [3.8, 4) is 6.07 Å². The van der Waals surface area contributed by atoms with Crippen molar-refractivity contribution in [1.82, 2.24) is 0 Å². The highest BCUT2D eigenvalue weighted by Crippen LogP contribution is 2.60. The Morgan fingerprint density at radius 1 is 0.759 bits per heavy atom. The lowest BCUT2D eigenvalue weighted by atomic mass is 9.48. The fourth-order valence-corrected chi connectivity index (χ4v) is 8.89. The van der Waals surface area contributed by atoms with E-state index < -0.39 is 0 Å². The third-order valence-corrected chi connectivity index (χ3v) is 10.3. The Hall–Kier alpha value is -0.510. The van der Waals surface area contributed by atoms with Crippen molar-refractivity contribution in [3.05, 3.63) is 0 Å². The number of unbranched alkanes of at least 4 members (excludes halogenated alkanes) is 3. The fourth-order valence-electron chi connectivity index (χ4n) is 8.89. The van der Waals surface area contributed by atoms with E-state index in [1.165, 1.54) is 96.3 Å². The lowest BCUT2D eigenvalue weighted by Gasteiger charge is -2.57. The van der Waals surface area contributed by atoms with Crippen LogP contribution in [0.5, 0.6) is 0 Å². The molecule has 29 heavy (non-hydrogen) atoms. The second kappa shape index (κ2) is 9.75. The highest BCUT2D eigenvalue weighted by atomic mass is 14.6. The number of nitriles is 1. The highest BCUT2D eigenvalue weighted by Gasteiger charge is 2.52. The molecule has 0 aromatic heterocycles. The summed E-state index contributed by atoms with van der Waals surface area (Å²) in [5.41, 5.74) is 0.0381. The van der Waals surface area contributed by atoms with Crippen LogP contribution in [0.25, 0.3) is 0 Å². The van der Waals surface area contributed by atoms with E-state index >= 15 is 0 Å². The number of fused-ring (bicyclic) bond motifs is 5. The summed E-state index contributed by atoms with van der Waals surface area (Å²) < 4.78 is 0. The predicted molar refractivity (Wildman–Crippen MR) is 122 cm³/mol. The van der Waals surface area contributed by atoms with Crippen LogP contribution in [-0.4, -0.2) is 0 Å². The second-order valence-electron chi connectivity index (χ2n) is 11.7. The molecule has 0 N–H and O–H groups in total. The maximum absolute atomic E-state index is 10.0. The standard InChI is InChI=1S/C28H47N/c1-3-5-7-9-21-10-8-11-25-23(21)14-15-26-24-16-18-28(20-29,17-6-4-2)19-22(24)12-13-27(25)26/h21-27H,3-19H2,1-2H3. The predicted octanol–water partition coefficient (Wildman–Crippen LogP) is 8.54. The van der Waals surface area contributed by atoms with Crippen molar-refractivity contribution >= 4 is 0 Å². The number of hydrogen-bond donors (Lipinski definition) is 0. The van der Waals surface area contributed by atoms with Crippen LogP contribution in [0.3, 0.4) is 0 Å². The summed E-state index contributed by atoms with van der Waals surface area (Å²) in [5, 5.41) is 10.0. The number of rotatable bonds is 7. The molecule has 8 unspecified atom stereocenters. The van der Waals surface area contributed by atoms with E-state index in [0.29, 0.717) is 0 Å². The summed E-state index contributed by atoms with van der Waals surface area (Å²) in [6.45, 7) is 4.63. The Morgan fingerprint density at radius 2 is 1.48 bits per heavy atom. The summed E-state index contributed by atoms with van der Waals surface area (Å²) in [6.07, 6.45) is 24.0. The molecule has 4 aliphatic carbocycles. The van der Waals surface area contributed by atoms with Gasteiger partial charge in [0.1, 0.15) is 0 Å². The number of hydrogen-bond acceptors (Lipinski definition) is 1. The Morgan fingerprint density at radius 3 is 2.28 bits per heavy atom. The van der Waals surface area contributed by atoms with E-state index in [4.69, 9.17) is 0 Å². The highest BCUT2D eigenvalue weighted by molar-refractivity contribution is 5.07. The van der Waals surface area contributed by atoms with Gasteiger partial charge in [-0.15, -0.1) is 0 Å². The van der Waals surface area contributed by atoms with E-state index in [0.717, 1.165) is 41.4 Å². The minimum atomic E-state index is 0.0381. The Balaban J connectivity index is 1.40. The maximum atomic E-state index is 10.0. The molecule has 1 nitrogen and oxygen atoms in total. The molecular weight excluding hydrogens is 350 g/mol. The van der Waals surface area contributed by atoms with E-state index in [1.54, 1.807) is 12.8 Å². The van der Waals surface area contributed by atoms with Crippen molar-refractivity contribution in [3.63, 3.8) is 0 Å². The summed E-state index contributed by atoms with van der Waals surface area (Å²) in [7, 11) is 0. The lowest BCUT2D eigenvalue weighted by Crippen LogP contribution is -2.49. The van der Waals surface area contributed by atoms with Gasteiger partial charge in [0.05, 0.1) is 11.5 Å². The zero-order valence-corrected chi connectivity index (χ0v) is 19.5. The van der Waals surface area contributed by atoms with E-state index in [1.807, 2.05) is 0 Å². The lowest BCUT2D eigenvalue weighted by molar-refractivity contribution is -0.0718. The zero-order valence-electron chi connectivity index (χ0n) is 19.5. The van der Waals surface area contributed by atoms with Gasteiger partial charge in [0.25, 0.3) is 0 Å². The molecule has 0 amide bonds. The first kappa shape index (κ1) is 21.7. The molecule has 0 aromatic rings. The van der Waals surface area contributed by atoms with E-state index in [-0.39, 0.29) is 5.41 Å². The van der Waals surface area contributed by atoms with Gasteiger partial charge in [-0.1, -0.05) is 65.2 Å². The first-order valence-corrected chi connectivity index (χ1v) is 13.6. The van der Waals surface area contributed by atoms with Crippen molar-refractivity contribution < 1.29 is 0 Å². The summed E-state index contributed by atoms with van der Waals surface area (Å²) in [6, 6.07) is 2.83. The van der Waals surface area contributed by atoms with Gasteiger partial charge in [0.2, 0.25) is 0 Å². The first-order chi connectivity index (χ1) is 14.2. The average molecular weight is 398 g/mol. The molecule has 4 saturated carbocycles. The summed E-state index contributed by atoms with van der Waals surface area (Å²) >= 11 is 0. The normalized spacial score (nSPS) is 44.2.